The van der Waals surface area contributed by atoms with Crippen LogP contribution in [-0.2, 0) is 4.79 Å². The molecular formula is C14H20N2O3. The Morgan fingerprint density at radius 1 is 1.26 bits per heavy atom. The van der Waals surface area contributed by atoms with Gasteiger partial charge in [-0.1, -0.05) is 20.8 Å². The molecule has 0 heterocycles. The van der Waals surface area contributed by atoms with Gasteiger partial charge in [0.2, 0.25) is 5.91 Å². The number of aromatic carboxylic acids is 1. The Hall–Kier alpha value is -2.04. The number of nitrogens with zero attached hydrogens (tertiary/aromatic N) is 1. The van der Waals surface area contributed by atoms with Crippen LogP contribution in [0.25, 0.3) is 0 Å². The molecular weight excluding hydrogens is 244 g/mol. The van der Waals surface area contributed by atoms with Crippen molar-refractivity contribution in [2.75, 3.05) is 17.7 Å². The molecule has 0 saturated carbocycles. The fourth-order valence-electron chi connectivity index (χ4n) is 1.70. The fourth-order valence-corrected chi connectivity index (χ4v) is 1.70. The number of anilines is 2. The number of carbonyl (C=O) groups is 2. The van der Waals surface area contributed by atoms with Crippen LogP contribution in [0.4, 0.5) is 11.4 Å². The van der Waals surface area contributed by atoms with Crippen molar-refractivity contribution in [1.82, 2.24) is 0 Å². The van der Waals surface area contributed by atoms with E-state index in [-0.39, 0.29) is 29.0 Å². The zero-order valence-corrected chi connectivity index (χ0v) is 11.7. The molecule has 19 heavy (non-hydrogen) atoms. The maximum atomic E-state index is 12.2. The summed E-state index contributed by atoms with van der Waals surface area (Å²) >= 11 is 0. The predicted molar refractivity (Wildman–Crippen MR) is 75.2 cm³/mol. The number of nitrogens with two attached hydrogens (primary N) is 1. The SMILES string of the molecule is CC(C)C(C)C(=O)N(C)c1ccc(C(=O)O)cc1N. The van der Waals surface area contributed by atoms with Crippen molar-refractivity contribution >= 4 is 23.3 Å². The second-order valence-corrected chi connectivity index (χ2v) is 5.01. The standard InChI is InChI=1S/C14H20N2O3/c1-8(2)9(3)13(17)16(4)12-6-5-10(14(18)19)7-11(12)15/h5-9H,15H2,1-4H3,(H,18,19). The topological polar surface area (TPSA) is 83.6 Å². The highest BCUT2D eigenvalue weighted by Gasteiger charge is 2.22. The second-order valence-electron chi connectivity index (χ2n) is 5.01. The summed E-state index contributed by atoms with van der Waals surface area (Å²) in [6.07, 6.45) is 0. The van der Waals surface area contributed by atoms with Crippen LogP contribution in [0.1, 0.15) is 31.1 Å². The molecule has 1 amide bonds. The Kier molecular flexibility index (Phi) is 4.53. The van der Waals surface area contributed by atoms with Crippen LogP contribution in [0.3, 0.4) is 0 Å². The normalized spacial score (nSPS) is 12.3. The third-order valence-electron chi connectivity index (χ3n) is 3.36. The van der Waals surface area contributed by atoms with E-state index in [1.54, 1.807) is 13.1 Å². The van der Waals surface area contributed by atoms with E-state index >= 15 is 0 Å². The summed E-state index contributed by atoms with van der Waals surface area (Å²) in [6, 6.07) is 4.36. The Morgan fingerprint density at radius 2 is 1.84 bits per heavy atom. The lowest BCUT2D eigenvalue weighted by atomic mass is 9.96. The lowest BCUT2D eigenvalue weighted by molar-refractivity contribution is -0.122. The molecule has 1 aromatic carbocycles. The Morgan fingerprint density at radius 3 is 2.26 bits per heavy atom. The molecule has 0 aliphatic carbocycles. The van der Waals surface area contributed by atoms with Crippen molar-refractivity contribution in [1.29, 1.82) is 0 Å². The van der Waals surface area contributed by atoms with Crippen LogP contribution in [0.15, 0.2) is 18.2 Å². The van der Waals surface area contributed by atoms with Crippen molar-refractivity contribution in [3.63, 3.8) is 0 Å². The van der Waals surface area contributed by atoms with E-state index in [9.17, 15) is 9.59 Å². The first-order valence-electron chi connectivity index (χ1n) is 6.16. The average Bonchev–Trinajstić information content (AvgIpc) is 2.35. The summed E-state index contributed by atoms with van der Waals surface area (Å²) in [7, 11) is 1.65. The minimum absolute atomic E-state index is 0.0372. The van der Waals surface area contributed by atoms with E-state index in [0.717, 1.165) is 0 Å². The first-order chi connectivity index (χ1) is 8.75. The molecule has 0 saturated heterocycles. The molecule has 0 aromatic heterocycles. The predicted octanol–water partition coefficient (Wildman–Crippen LogP) is 2.22. The zero-order chi connectivity index (χ0) is 14.7. The molecule has 1 unspecified atom stereocenters. The van der Waals surface area contributed by atoms with Gasteiger partial charge in [-0.25, -0.2) is 4.79 Å². The maximum absolute atomic E-state index is 12.2. The largest absolute Gasteiger partial charge is 0.478 e. The first kappa shape index (κ1) is 15.0. The number of nitrogen functional groups attached to an aromatic ring is 1. The van der Waals surface area contributed by atoms with Gasteiger partial charge in [0.05, 0.1) is 16.9 Å². The summed E-state index contributed by atoms with van der Waals surface area (Å²) in [6.45, 7) is 5.83. The van der Waals surface area contributed by atoms with Gasteiger partial charge in [0.1, 0.15) is 0 Å². The number of hydrogen-bond donors (Lipinski definition) is 2. The molecule has 5 nitrogen and oxygen atoms in total. The third kappa shape index (κ3) is 3.24. The molecule has 5 heteroatoms. The summed E-state index contributed by atoms with van der Waals surface area (Å²) in [5, 5.41) is 8.87. The van der Waals surface area contributed by atoms with E-state index in [4.69, 9.17) is 10.8 Å². The van der Waals surface area contributed by atoms with Gasteiger partial charge in [0, 0.05) is 13.0 Å². The van der Waals surface area contributed by atoms with Crippen molar-refractivity contribution in [3.05, 3.63) is 23.8 Å². The smallest absolute Gasteiger partial charge is 0.335 e. The number of hydrogen-bond acceptors (Lipinski definition) is 3. The van der Waals surface area contributed by atoms with E-state index in [0.29, 0.717) is 5.69 Å². The zero-order valence-electron chi connectivity index (χ0n) is 11.7. The first-order valence-corrected chi connectivity index (χ1v) is 6.16. The van der Waals surface area contributed by atoms with Crippen LogP contribution in [0.2, 0.25) is 0 Å². The van der Waals surface area contributed by atoms with Gasteiger partial charge in [0.15, 0.2) is 0 Å². The number of benzene rings is 1. The second kappa shape index (κ2) is 5.73. The highest BCUT2D eigenvalue weighted by molar-refractivity contribution is 5.98. The van der Waals surface area contributed by atoms with Crippen molar-refractivity contribution in [2.24, 2.45) is 11.8 Å². The number of carbonyl (C=O) groups excluding carboxylic acids is 1. The number of rotatable bonds is 4. The monoisotopic (exact) mass is 264 g/mol. The average molecular weight is 264 g/mol. The molecule has 0 radical (unpaired) electrons. The summed E-state index contributed by atoms with van der Waals surface area (Å²) in [4.78, 5) is 24.5. The highest BCUT2D eigenvalue weighted by atomic mass is 16.4. The summed E-state index contributed by atoms with van der Waals surface area (Å²) < 4.78 is 0. The summed E-state index contributed by atoms with van der Waals surface area (Å²) in [5.41, 5.74) is 6.74. The van der Waals surface area contributed by atoms with Gasteiger partial charge in [-0.3, -0.25) is 4.79 Å². The molecule has 0 aliphatic heterocycles. The van der Waals surface area contributed by atoms with Crippen molar-refractivity contribution in [2.45, 2.75) is 20.8 Å². The highest BCUT2D eigenvalue weighted by Crippen LogP contribution is 2.26. The van der Waals surface area contributed by atoms with E-state index in [1.165, 1.54) is 17.0 Å². The fraction of sp³-hybridized carbons (Fsp3) is 0.429. The molecule has 1 aromatic rings. The Bertz CT molecular complexity index is 497. The Balaban J connectivity index is 3.04. The van der Waals surface area contributed by atoms with Gasteiger partial charge >= 0.3 is 5.97 Å². The quantitative estimate of drug-likeness (QED) is 0.817. The van der Waals surface area contributed by atoms with Crippen molar-refractivity contribution < 1.29 is 14.7 Å². The van der Waals surface area contributed by atoms with Gasteiger partial charge in [-0.05, 0) is 24.1 Å². The molecule has 104 valence electrons. The maximum Gasteiger partial charge on any atom is 0.335 e. The minimum atomic E-state index is -1.04. The lowest BCUT2D eigenvalue weighted by Crippen LogP contribution is -2.34. The third-order valence-corrected chi connectivity index (χ3v) is 3.36. The van der Waals surface area contributed by atoms with Gasteiger partial charge < -0.3 is 15.7 Å². The van der Waals surface area contributed by atoms with Gasteiger partial charge in [-0.2, -0.15) is 0 Å². The van der Waals surface area contributed by atoms with E-state index in [2.05, 4.69) is 0 Å². The molecule has 1 atom stereocenters. The molecule has 3 N–H and O–H groups in total. The van der Waals surface area contributed by atoms with Crippen LogP contribution >= 0.6 is 0 Å². The molecule has 0 aliphatic rings. The lowest BCUT2D eigenvalue weighted by Gasteiger charge is -2.24. The van der Waals surface area contributed by atoms with E-state index < -0.39 is 5.97 Å². The summed E-state index contributed by atoms with van der Waals surface area (Å²) in [5.74, 6) is -0.967. The number of carboxylic acids is 1. The molecule has 0 bridgehead atoms. The van der Waals surface area contributed by atoms with Crippen LogP contribution in [0.5, 0.6) is 0 Å². The Labute approximate surface area is 113 Å². The molecule has 1 rings (SSSR count). The van der Waals surface area contributed by atoms with Gasteiger partial charge in [-0.15, -0.1) is 0 Å². The molecule has 0 spiro atoms. The minimum Gasteiger partial charge on any atom is -0.478 e. The van der Waals surface area contributed by atoms with Crippen LogP contribution < -0.4 is 10.6 Å². The van der Waals surface area contributed by atoms with E-state index in [1.807, 2.05) is 20.8 Å². The number of carboxylic acid groups (broad SMARTS) is 1. The van der Waals surface area contributed by atoms with Crippen molar-refractivity contribution in [3.8, 4) is 0 Å². The number of amides is 1. The van der Waals surface area contributed by atoms with Crippen LogP contribution in [-0.4, -0.2) is 24.0 Å². The molecule has 0 fully saturated rings. The van der Waals surface area contributed by atoms with Crippen LogP contribution in [0, 0.1) is 11.8 Å². The van der Waals surface area contributed by atoms with Gasteiger partial charge in [0.25, 0.3) is 0 Å².